The van der Waals surface area contributed by atoms with E-state index in [1.54, 1.807) is 45.0 Å². The van der Waals surface area contributed by atoms with Crippen molar-refractivity contribution in [2.75, 3.05) is 13.1 Å². The van der Waals surface area contributed by atoms with Crippen LogP contribution in [0, 0.1) is 0 Å². The summed E-state index contributed by atoms with van der Waals surface area (Å²) in [6, 6.07) is 23.8. The van der Waals surface area contributed by atoms with E-state index in [4.69, 9.17) is 18.9 Å². The third-order valence-electron chi connectivity index (χ3n) is 7.28. The largest absolute Gasteiger partial charge is 0.489 e. The quantitative estimate of drug-likeness (QED) is 0.215. The van der Waals surface area contributed by atoms with Gasteiger partial charge in [-0.15, -0.1) is 0 Å². The molecule has 11 nitrogen and oxygen atoms in total. The minimum Gasteiger partial charge on any atom is -0.489 e. The zero-order valence-electron chi connectivity index (χ0n) is 27.3. The molecule has 1 aliphatic rings. The van der Waals surface area contributed by atoms with Crippen LogP contribution in [-0.4, -0.2) is 65.8 Å². The molecular weight excluding hydrogens is 602 g/mol. The van der Waals surface area contributed by atoms with Gasteiger partial charge >= 0.3 is 18.2 Å². The van der Waals surface area contributed by atoms with Crippen molar-refractivity contribution in [2.24, 2.45) is 0 Å². The van der Waals surface area contributed by atoms with E-state index in [0.29, 0.717) is 37.3 Å². The molecule has 0 radical (unpaired) electrons. The minimum absolute atomic E-state index is 0.0474. The fourth-order valence-corrected chi connectivity index (χ4v) is 4.85. The van der Waals surface area contributed by atoms with Crippen molar-refractivity contribution in [2.45, 2.75) is 77.5 Å². The number of alkyl carbamates (subject to hydrolysis) is 1. The number of nitrogens with zero attached hydrogens (tertiary/aromatic N) is 1. The molecule has 1 aliphatic heterocycles. The topological polar surface area (TPSA) is 132 Å². The monoisotopic (exact) mass is 645 g/mol. The zero-order valence-corrected chi connectivity index (χ0v) is 27.3. The van der Waals surface area contributed by atoms with Crippen LogP contribution >= 0.6 is 0 Å². The van der Waals surface area contributed by atoms with Gasteiger partial charge in [0.15, 0.2) is 0 Å². The first-order valence-electron chi connectivity index (χ1n) is 15.7. The smallest absolute Gasteiger partial charge is 0.410 e. The maximum Gasteiger partial charge on any atom is 0.410 e. The molecule has 4 rings (SSSR count). The van der Waals surface area contributed by atoms with Crippen LogP contribution in [0.4, 0.5) is 9.59 Å². The Morgan fingerprint density at radius 2 is 1.49 bits per heavy atom. The lowest BCUT2D eigenvalue weighted by atomic mass is 10.1. The second-order valence-electron chi connectivity index (χ2n) is 12.4. The van der Waals surface area contributed by atoms with Gasteiger partial charge < -0.3 is 34.5 Å². The second-order valence-corrected chi connectivity index (χ2v) is 12.4. The van der Waals surface area contributed by atoms with E-state index in [1.807, 2.05) is 60.7 Å². The molecule has 1 heterocycles. The Morgan fingerprint density at radius 3 is 2.11 bits per heavy atom. The van der Waals surface area contributed by atoms with E-state index in [2.05, 4.69) is 10.6 Å². The molecule has 0 bridgehead atoms. The lowest BCUT2D eigenvalue weighted by molar-refractivity contribution is -0.152. The van der Waals surface area contributed by atoms with Gasteiger partial charge in [0.25, 0.3) is 5.91 Å². The maximum absolute atomic E-state index is 13.4. The Kier molecular flexibility index (Phi) is 12.2. The van der Waals surface area contributed by atoms with Gasteiger partial charge in [0.1, 0.15) is 36.7 Å². The summed E-state index contributed by atoms with van der Waals surface area (Å²) in [4.78, 5) is 53.4. The van der Waals surface area contributed by atoms with Crippen molar-refractivity contribution in [3.63, 3.8) is 0 Å². The Hall–Kier alpha value is -5.06. The molecule has 0 saturated carbocycles. The maximum atomic E-state index is 13.4. The Morgan fingerprint density at radius 1 is 0.872 bits per heavy atom. The molecule has 3 amide bonds. The second kappa shape index (κ2) is 16.5. The number of carbonyl (C=O) groups is 4. The van der Waals surface area contributed by atoms with Gasteiger partial charge in [-0.1, -0.05) is 60.7 Å². The molecule has 0 spiro atoms. The molecule has 47 heavy (non-hydrogen) atoms. The van der Waals surface area contributed by atoms with Gasteiger partial charge in [0, 0.05) is 18.7 Å². The molecule has 0 aliphatic carbocycles. The lowest BCUT2D eigenvalue weighted by Crippen LogP contribution is -2.52. The van der Waals surface area contributed by atoms with Gasteiger partial charge in [-0.25, -0.2) is 14.4 Å². The van der Waals surface area contributed by atoms with E-state index >= 15 is 0 Å². The molecule has 1 fully saturated rings. The van der Waals surface area contributed by atoms with Crippen LogP contribution in [0.2, 0.25) is 0 Å². The number of likely N-dealkylation sites (tertiary alicyclic amines) is 1. The number of esters is 1. The van der Waals surface area contributed by atoms with E-state index in [1.165, 1.54) is 11.8 Å². The standard InChI is InChI=1S/C36H43N3O8/c1-25(37-34(42)45-24-27-14-9-6-10-15-27)33(41)46-31-16-11-21-39(35(43)47-36(2,3)4)22-30(31)38-32(40)28-17-19-29(20-18-28)44-23-26-12-7-5-8-13-26/h5-10,12-15,17-20,25,30-31H,11,16,21-24H2,1-4H3,(H,37,42)(H,38,40)/t25-,30-,31-/m1/s1. The number of rotatable bonds is 10. The molecule has 3 aromatic carbocycles. The predicted octanol–water partition coefficient (Wildman–Crippen LogP) is 5.62. The summed E-state index contributed by atoms with van der Waals surface area (Å²) in [5, 5.41) is 5.45. The molecule has 3 aromatic rings. The number of benzene rings is 3. The highest BCUT2D eigenvalue weighted by molar-refractivity contribution is 5.94. The molecule has 250 valence electrons. The zero-order chi connectivity index (χ0) is 33.8. The minimum atomic E-state index is -1.02. The van der Waals surface area contributed by atoms with E-state index in [9.17, 15) is 19.2 Å². The number of carbonyl (C=O) groups excluding carboxylic acids is 4. The fraction of sp³-hybridized carbons (Fsp3) is 0.389. The normalized spacial score (nSPS) is 17.0. The molecule has 0 unspecified atom stereocenters. The average Bonchev–Trinajstić information content (AvgIpc) is 3.25. The summed E-state index contributed by atoms with van der Waals surface area (Å²) < 4.78 is 22.5. The van der Waals surface area contributed by atoms with Crippen molar-refractivity contribution in [3.8, 4) is 5.75 Å². The number of ether oxygens (including phenoxy) is 4. The fourth-order valence-electron chi connectivity index (χ4n) is 4.85. The highest BCUT2D eigenvalue weighted by Crippen LogP contribution is 2.20. The van der Waals surface area contributed by atoms with Crippen LogP contribution in [0.15, 0.2) is 84.9 Å². The molecule has 3 atom stereocenters. The summed E-state index contributed by atoms with van der Waals surface area (Å²) in [7, 11) is 0. The third kappa shape index (κ3) is 11.4. The molecule has 1 saturated heterocycles. The van der Waals surface area contributed by atoms with E-state index < -0.39 is 47.9 Å². The van der Waals surface area contributed by atoms with Crippen molar-refractivity contribution in [1.82, 2.24) is 15.5 Å². The van der Waals surface area contributed by atoms with Crippen molar-refractivity contribution in [3.05, 3.63) is 102 Å². The molecule has 11 heteroatoms. The number of hydrogen-bond donors (Lipinski definition) is 2. The molecule has 0 aromatic heterocycles. The summed E-state index contributed by atoms with van der Waals surface area (Å²) >= 11 is 0. The van der Waals surface area contributed by atoms with Crippen molar-refractivity contribution >= 4 is 24.1 Å². The highest BCUT2D eigenvalue weighted by Gasteiger charge is 2.35. The van der Waals surface area contributed by atoms with Gasteiger partial charge in [-0.05, 0) is 75.9 Å². The first-order valence-corrected chi connectivity index (χ1v) is 15.7. The summed E-state index contributed by atoms with van der Waals surface area (Å²) in [6.45, 7) is 7.66. The van der Waals surface area contributed by atoms with Crippen LogP contribution in [0.25, 0.3) is 0 Å². The highest BCUT2D eigenvalue weighted by atomic mass is 16.6. The number of hydrogen-bond acceptors (Lipinski definition) is 8. The van der Waals surface area contributed by atoms with Crippen molar-refractivity contribution in [1.29, 1.82) is 0 Å². The van der Waals surface area contributed by atoms with Gasteiger partial charge in [-0.2, -0.15) is 0 Å². The van der Waals surface area contributed by atoms with Gasteiger partial charge in [0.2, 0.25) is 0 Å². The van der Waals surface area contributed by atoms with Crippen LogP contribution < -0.4 is 15.4 Å². The number of nitrogens with one attached hydrogen (secondary N) is 2. The summed E-state index contributed by atoms with van der Waals surface area (Å²) in [5.74, 6) is -0.504. The van der Waals surface area contributed by atoms with Crippen LogP contribution in [0.1, 0.15) is 62.0 Å². The first-order chi connectivity index (χ1) is 22.5. The average molecular weight is 646 g/mol. The van der Waals surface area contributed by atoms with Gasteiger partial charge in [0.05, 0.1) is 6.04 Å². The van der Waals surface area contributed by atoms with Crippen LogP contribution in [0.5, 0.6) is 5.75 Å². The van der Waals surface area contributed by atoms with E-state index in [-0.39, 0.29) is 13.2 Å². The first kappa shape index (κ1) is 34.8. The predicted molar refractivity (Wildman–Crippen MR) is 175 cm³/mol. The number of amides is 3. The van der Waals surface area contributed by atoms with Gasteiger partial charge in [-0.3, -0.25) is 4.79 Å². The summed E-state index contributed by atoms with van der Waals surface area (Å²) in [5.41, 5.74) is 1.48. The Balaban J connectivity index is 1.40. The Bertz CT molecular complexity index is 1480. The molecular formula is C36H43N3O8. The lowest BCUT2D eigenvalue weighted by Gasteiger charge is -2.31. The Labute approximate surface area is 275 Å². The van der Waals surface area contributed by atoms with E-state index in [0.717, 1.165) is 11.1 Å². The van der Waals surface area contributed by atoms with Crippen molar-refractivity contribution < 1.29 is 38.1 Å². The summed E-state index contributed by atoms with van der Waals surface area (Å²) in [6.07, 6.45) is -1.21. The SMILES string of the molecule is C[C@@H](NC(=O)OCc1ccccc1)C(=O)O[C@@H]1CCCN(C(=O)OC(C)(C)C)C[C@H]1NC(=O)c1ccc(OCc2ccccc2)cc1. The van der Waals surface area contributed by atoms with Crippen LogP contribution in [-0.2, 0) is 32.2 Å². The molecule has 2 N–H and O–H groups in total. The third-order valence-corrected chi connectivity index (χ3v) is 7.28. The van der Waals surface area contributed by atoms with Crippen LogP contribution in [0.3, 0.4) is 0 Å².